The average Bonchev–Trinajstić information content (AvgIpc) is 2.51. The summed E-state index contributed by atoms with van der Waals surface area (Å²) >= 11 is 0. The highest BCUT2D eigenvalue weighted by Gasteiger charge is 2.22. The molecular weight excluding hydrogens is 369 g/mol. The first-order chi connectivity index (χ1) is 12.1. The van der Waals surface area contributed by atoms with Crippen LogP contribution in [0.15, 0.2) is 18.2 Å². The normalized spacial score (nSPS) is 13.5. The number of phosphoric acid groups is 1. The van der Waals surface area contributed by atoms with Crippen molar-refractivity contribution in [2.24, 2.45) is 0 Å². The van der Waals surface area contributed by atoms with E-state index in [1.54, 1.807) is 0 Å². The second kappa shape index (κ2) is 10.2. The van der Waals surface area contributed by atoms with Crippen molar-refractivity contribution >= 4 is 20.8 Å². The first-order valence-corrected chi connectivity index (χ1v) is 9.05. The monoisotopic (exact) mass is 392 g/mol. The summed E-state index contributed by atoms with van der Waals surface area (Å²) in [7, 11) is 1.59. The lowest BCUT2D eigenvalue weighted by atomic mass is 10.3. The standard InChI is InChI=1S/C15H22NO9P/c1-16(2,3)4-5-24-26(19,20)25-7-6-21-13-8-14(22-11-17)10-15(9-13)23-12-18/h8-12H,4-7H2,1-3H3/p+1. The second-order valence-corrected chi connectivity index (χ2v) is 7.52. The zero-order chi connectivity index (χ0) is 19.6. The number of nitrogens with zero attached hydrogens (tertiary/aromatic N) is 1. The maximum Gasteiger partial charge on any atom is 0.472 e. The van der Waals surface area contributed by atoms with Crippen molar-refractivity contribution in [3.8, 4) is 17.2 Å². The van der Waals surface area contributed by atoms with E-state index >= 15 is 0 Å². The van der Waals surface area contributed by atoms with Crippen molar-refractivity contribution in [2.75, 3.05) is 47.5 Å². The molecule has 1 atom stereocenters. The van der Waals surface area contributed by atoms with Gasteiger partial charge in [0.25, 0.3) is 12.9 Å². The summed E-state index contributed by atoms with van der Waals surface area (Å²) in [4.78, 5) is 30.4. The van der Waals surface area contributed by atoms with Gasteiger partial charge in [0.1, 0.15) is 37.0 Å². The van der Waals surface area contributed by atoms with Crippen molar-refractivity contribution in [1.29, 1.82) is 0 Å². The van der Waals surface area contributed by atoms with E-state index in [1.165, 1.54) is 18.2 Å². The third-order valence-electron chi connectivity index (χ3n) is 2.84. The Morgan fingerprint density at radius 2 is 1.42 bits per heavy atom. The Hall–Kier alpha value is -1.97. The maximum atomic E-state index is 11.7. The fraction of sp³-hybridized carbons (Fsp3) is 0.467. The number of hydrogen-bond donors (Lipinski definition) is 1. The second-order valence-electron chi connectivity index (χ2n) is 6.07. The Bertz CT molecular complexity index is 616. The summed E-state index contributed by atoms with van der Waals surface area (Å²) in [5, 5.41) is 0. The molecule has 1 rings (SSSR count). The molecule has 146 valence electrons. The van der Waals surface area contributed by atoms with Crippen LogP contribution in [-0.2, 0) is 23.2 Å². The summed E-state index contributed by atoms with van der Waals surface area (Å²) in [5.41, 5.74) is 0. The summed E-state index contributed by atoms with van der Waals surface area (Å²) in [5.74, 6) is 0.419. The number of ether oxygens (including phenoxy) is 3. The van der Waals surface area contributed by atoms with E-state index in [0.29, 0.717) is 11.0 Å². The van der Waals surface area contributed by atoms with E-state index in [1.807, 2.05) is 21.1 Å². The van der Waals surface area contributed by atoms with Gasteiger partial charge in [0.05, 0.1) is 27.7 Å². The molecule has 0 aromatic heterocycles. The predicted molar refractivity (Wildman–Crippen MR) is 89.9 cm³/mol. The van der Waals surface area contributed by atoms with Gasteiger partial charge in [0, 0.05) is 18.2 Å². The number of carbonyl (C=O) groups is 2. The molecule has 0 spiro atoms. The molecular formula is C15H23NO9P+. The van der Waals surface area contributed by atoms with Gasteiger partial charge < -0.3 is 23.6 Å². The zero-order valence-electron chi connectivity index (χ0n) is 14.8. The molecule has 0 radical (unpaired) electrons. The lowest BCUT2D eigenvalue weighted by Gasteiger charge is -2.24. The number of likely N-dealkylation sites (N-methyl/N-ethyl adjacent to an activating group) is 1. The predicted octanol–water partition coefficient (Wildman–Crippen LogP) is 0.976. The van der Waals surface area contributed by atoms with Crippen molar-refractivity contribution in [3.05, 3.63) is 18.2 Å². The van der Waals surface area contributed by atoms with Gasteiger partial charge in [-0.05, 0) is 0 Å². The zero-order valence-corrected chi connectivity index (χ0v) is 15.7. The van der Waals surface area contributed by atoms with Crippen molar-refractivity contribution < 1.29 is 46.8 Å². The molecule has 1 N–H and O–H groups in total. The molecule has 11 heteroatoms. The Balaban J connectivity index is 2.47. The molecule has 0 amide bonds. The highest BCUT2D eigenvalue weighted by atomic mass is 31.2. The van der Waals surface area contributed by atoms with Crippen molar-refractivity contribution in [2.45, 2.75) is 0 Å². The van der Waals surface area contributed by atoms with Crippen LogP contribution in [0.1, 0.15) is 0 Å². The van der Waals surface area contributed by atoms with Crippen LogP contribution < -0.4 is 14.2 Å². The highest BCUT2D eigenvalue weighted by Crippen LogP contribution is 2.42. The maximum absolute atomic E-state index is 11.7. The van der Waals surface area contributed by atoms with Crippen LogP contribution in [0.2, 0.25) is 0 Å². The number of rotatable bonds is 13. The van der Waals surface area contributed by atoms with E-state index in [2.05, 4.69) is 9.47 Å². The number of quaternary nitrogens is 1. The molecule has 26 heavy (non-hydrogen) atoms. The fourth-order valence-electron chi connectivity index (χ4n) is 1.66. The SMILES string of the molecule is C[N+](C)(C)CCOP(=O)(O)OCCOc1cc(OC=O)cc(OC=O)c1. The van der Waals surface area contributed by atoms with Gasteiger partial charge >= 0.3 is 7.82 Å². The fourth-order valence-corrected chi connectivity index (χ4v) is 2.35. The Labute approximate surface area is 151 Å². The first-order valence-electron chi connectivity index (χ1n) is 7.56. The van der Waals surface area contributed by atoms with Crippen molar-refractivity contribution in [1.82, 2.24) is 0 Å². The lowest BCUT2D eigenvalue weighted by molar-refractivity contribution is -0.870. The van der Waals surface area contributed by atoms with Crippen LogP contribution in [0, 0.1) is 0 Å². The lowest BCUT2D eigenvalue weighted by Crippen LogP contribution is -2.37. The van der Waals surface area contributed by atoms with Gasteiger partial charge in [-0.25, -0.2) is 4.57 Å². The third kappa shape index (κ3) is 9.50. The number of phosphoric ester groups is 1. The molecule has 1 aromatic carbocycles. The molecule has 0 saturated heterocycles. The average molecular weight is 392 g/mol. The third-order valence-corrected chi connectivity index (χ3v) is 3.86. The van der Waals surface area contributed by atoms with Gasteiger partial charge in [-0.3, -0.25) is 18.6 Å². The minimum absolute atomic E-state index is 0.0651. The first kappa shape index (κ1) is 22.1. The van der Waals surface area contributed by atoms with Gasteiger partial charge in [-0.1, -0.05) is 0 Å². The molecule has 1 aromatic rings. The molecule has 0 saturated carbocycles. The Morgan fingerprint density at radius 3 is 1.92 bits per heavy atom. The molecule has 0 aliphatic carbocycles. The largest absolute Gasteiger partial charge is 0.491 e. The Kier molecular flexibility index (Phi) is 8.70. The van der Waals surface area contributed by atoms with Crippen molar-refractivity contribution in [3.63, 3.8) is 0 Å². The van der Waals surface area contributed by atoms with E-state index in [9.17, 15) is 19.0 Å². The summed E-state index contributed by atoms with van der Waals surface area (Å²) in [6.07, 6.45) is 0. The smallest absolute Gasteiger partial charge is 0.472 e. The quantitative estimate of drug-likeness (QED) is 0.227. The summed E-state index contributed by atoms with van der Waals surface area (Å²) in [6, 6.07) is 4.07. The van der Waals surface area contributed by atoms with Crippen LogP contribution in [0.3, 0.4) is 0 Å². The van der Waals surface area contributed by atoms with E-state index < -0.39 is 7.82 Å². The molecule has 0 aliphatic heterocycles. The number of carbonyl (C=O) groups excluding carboxylic acids is 2. The minimum Gasteiger partial charge on any atom is -0.491 e. The van der Waals surface area contributed by atoms with Crippen LogP contribution in [-0.4, -0.2) is 69.8 Å². The number of benzene rings is 1. The van der Waals surface area contributed by atoms with Gasteiger partial charge in [0.15, 0.2) is 0 Å². The van der Waals surface area contributed by atoms with E-state index in [0.717, 1.165) is 0 Å². The van der Waals surface area contributed by atoms with Gasteiger partial charge in [-0.15, -0.1) is 0 Å². The topological polar surface area (TPSA) is 118 Å². The minimum atomic E-state index is -4.17. The Morgan fingerprint density at radius 1 is 0.923 bits per heavy atom. The van der Waals surface area contributed by atoms with Crippen LogP contribution in [0.5, 0.6) is 17.2 Å². The van der Waals surface area contributed by atoms with E-state index in [4.69, 9.17) is 13.8 Å². The number of hydrogen-bond acceptors (Lipinski definition) is 8. The molecule has 0 heterocycles. The molecule has 0 bridgehead atoms. The van der Waals surface area contributed by atoms with Crippen LogP contribution in [0.25, 0.3) is 0 Å². The molecule has 0 aliphatic rings. The summed E-state index contributed by atoms with van der Waals surface area (Å²) < 4.78 is 36.6. The van der Waals surface area contributed by atoms with Crippen LogP contribution >= 0.6 is 7.82 Å². The molecule has 10 nitrogen and oxygen atoms in total. The van der Waals surface area contributed by atoms with Crippen LogP contribution in [0.4, 0.5) is 0 Å². The van der Waals surface area contributed by atoms with Gasteiger partial charge in [0.2, 0.25) is 0 Å². The molecule has 1 unspecified atom stereocenters. The van der Waals surface area contributed by atoms with Gasteiger partial charge in [-0.2, -0.15) is 0 Å². The molecule has 0 fully saturated rings. The summed E-state index contributed by atoms with van der Waals surface area (Å²) in [6.45, 7) is 0.712. The van der Waals surface area contributed by atoms with E-state index in [-0.39, 0.29) is 50.0 Å². The highest BCUT2D eigenvalue weighted by molar-refractivity contribution is 7.47.